The summed E-state index contributed by atoms with van der Waals surface area (Å²) >= 11 is 10.1. The number of halogens is 1. The van der Waals surface area contributed by atoms with Crippen molar-refractivity contribution in [3.05, 3.63) is 52.0 Å². The van der Waals surface area contributed by atoms with Crippen molar-refractivity contribution in [1.29, 1.82) is 0 Å². The van der Waals surface area contributed by atoms with Gasteiger partial charge in [-0.3, -0.25) is 5.32 Å². The zero-order chi connectivity index (χ0) is 28.2. The second-order valence-corrected chi connectivity index (χ2v) is 14.7. The quantitative estimate of drug-likeness (QED) is 0.226. The van der Waals surface area contributed by atoms with E-state index in [1.54, 1.807) is 35.4 Å². The molecule has 1 atom stereocenters. The van der Waals surface area contributed by atoms with Crippen LogP contribution in [0.25, 0.3) is 10.1 Å². The SMILES string of the molecule is CC(C)(C)OC(=O)Nc1ccc(Cl)c(C(NSC2CC2)c2cc3cccc(B4OC(C)(C)C(C)(C)O4)c3s2)n1. The first-order valence-corrected chi connectivity index (χ1v) is 15.3. The minimum Gasteiger partial charge on any atom is -0.444 e. The fraction of sp³-hybridized carbons (Fsp3) is 0.500. The van der Waals surface area contributed by atoms with Gasteiger partial charge in [0.1, 0.15) is 11.4 Å². The smallest absolute Gasteiger partial charge is 0.444 e. The number of aromatic nitrogens is 1. The lowest BCUT2D eigenvalue weighted by Gasteiger charge is -2.32. The van der Waals surface area contributed by atoms with Gasteiger partial charge < -0.3 is 14.0 Å². The van der Waals surface area contributed by atoms with Gasteiger partial charge in [0.15, 0.2) is 0 Å². The molecule has 0 radical (unpaired) electrons. The number of carbonyl (C=O) groups excluding carboxylic acids is 1. The average molecular weight is 588 g/mol. The molecule has 0 spiro atoms. The van der Waals surface area contributed by atoms with E-state index in [2.05, 4.69) is 55.9 Å². The Morgan fingerprint density at radius 1 is 1.18 bits per heavy atom. The zero-order valence-corrected chi connectivity index (χ0v) is 25.8. The van der Waals surface area contributed by atoms with E-state index < -0.39 is 30.0 Å². The molecule has 2 aliphatic rings. The first kappa shape index (κ1) is 28.7. The summed E-state index contributed by atoms with van der Waals surface area (Å²) in [6.07, 6.45) is 1.81. The monoisotopic (exact) mass is 587 g/mol. The van der Waals surface area contributed by atoms with Crippen molar-refractivity contribution in [3.63, 3.8) is 0 Å². The van der Waals surface area contributed by atoms with Gasteiger partial charge in [-0.2, -0.15) is 0 Å². The molecule has 3 aromatic rings. The van der Waals surface area contributed by atoms with Crippen LogP contribution in [0.5, 0.6) is 0 Å². The van der Waals surface area contributed by atoms with E-state index in [1.165, 1.54) is 12.8 Å². The molecule has 1 saturated heterocycles. The number of nitrogens with zero attached hydrogens (tertiary/aromatic N) is 1. The lowest BCUT2D eigenvalue weighted by molar-refractivity contribution is 0.00578. The lowest BCUT2D eigenvalue weighted by Crippen LogP contribution is -2.41. The number of fused-ring (bicyclic) bond motifs is 1. The Morgan fingerprint density at radius 2 is 1.87 bits per heavy atom. The predicted molar refractivity (Wildman–Crippen MR) is 162 cm³/mol. The van der Waals surface area contributed by atoms with Crippen LogP contribution in [-0.4, -0.2) is 40.2 Å². The third kappa shape index (κ3) is 6.42. The van der Waals surface area contributed by atoms with Crippen LogP contribution in [-0.2, 0) is 14.0 Å². The summed E-state index contributed by atoms with van der Waals surface area (Å²) in [5, 5.41) is 4.93. The molecule has 1 saturated carbocycles. The number of hydrogen-bond acceptors (Lipinski definition) is 8. The van der Waals surface area contributed by atoms with Crippen molar-refractivity contribution in [2.45, 2.75) is 89.4 Å². The van der Waals surface area contributed by atoms with Gasteiger partial charge in [0.2, 0.25) is 0 Å². The van der Waals surface area contributed by atoms with E-state index in [1.807, 2.05) is 26.8 Å². The van der Waals surface area contributed by atoms with Crippen LogP contribution in [0.1, 0.15) is 77.9 Å². The van der Waals surface area contributed by atoms with E-state index >= 15 is 0 Å². The molecule has 1 amide bonds. The van der Waals surface area contributed by atoms with Crippen LogP contribution < -0.4 is 15.5 Å². The topological polar surface area (TPSA) is 81.7 Å². The zero-order valence-electron chi connectivity index (χ0n) is 23.4. The maximum Gasteiger partial charge on any atom is 0.496 e. The lowest BCUT2D eigenvalue weighted by atomic mass is 9.78. The largest absolute Gasteiger partial charge is 0.496 e. The molecular formula is C28H35BClN3O4S2. The molecule has 5 rings (SSSR count). The highest BCUT2D eigenvalue weighted by Crippen LogP contribution is 2.41. The summed E-state index contributed by atoms with van der Waals surface area (Å²) in [6.45, 7) is 13.7. The van der Waals surface area contributed by atoms with Crippen LogP contribution in [0.4, 0.5) is 10.6 Å². The average Bonchev–Trinajstić information content (AvgIpc) is 3.49. The van der Waals surface area contributed by atoms with Gasteiger partial charge in [0, 0.05) is 20.3 Å². The Balaban J connectivity index is 1.50. The van der Waals surface area contributed by atoms with Gasteiger partial charge in [-0.15, -0.1) is 11.3 Å². The maximum absolute atomic E-state index is 12.4. The highest BCUT2D eigenvalue weighted by atomic mass is 35.5. The molecule has 11 heteroatoms. The molecule has 7 nitrogen and oxygen atoms in total. The van der Waals surface area contributed by atoms with Gasteiger partial charge >= 0.3 is 13.2 Å². The van der Waals surface area contributed by atoms with E-state index in [4.69, 9.17) is 30.6 Å². The molecule has 2 fully saturated rings. The van der Waals surface area contributed by atoms with Gasteiger partial charge in [-0.05, 0) is 84.9 Å². The van der Waals surface area contributed by atoms with Crippen LogP contribution in [0.15, 0.2) is 36.4 Å². The Kier molecular flexibility index (Phi) is 7.76. The molecule has 3 heterocycles. The number of amides is 1. The molecule has 2 N–H and O–H groups in total. The first-order valence-electron chi connectivity index (χ1n) is 13.2. The van der Waals surface area contributed by atoms with Gasteiger partial charge in [0.05, 0.1) is 28.0 Å². The molecule has 2 aromatic heterocycles. The summed E-state index contributed by atoms with van der Waals surface area (Å²) < 4.78 is 22.9. The third-order valence-corrected chi connectivity index (χ3v) is 9.80. The van der Waals surface area contributed by atoms with E-state index in [0.717, 1.165) is 20.4 Å². The van der Waals surface area contributed by atoms with Crippen LogP contribution in [0.3, 0.4) is 0 Å². The number of pyridine rings is 1. The van der Waals surface area contributed by atoms with Gasteiger partial charge in [-0.25, -0.2) is 14.5 Å². The van der Waals surface area contributed by atoms with Crippen molar-refractivity contribution in [2.24, 2.45) is 0 Å². The molecule has 39 heavy (non-hydrogen) atoms. The number of ether oxygens (including phenoxy) is 1. The molecule has 1 aromatic carbocycles. The summed E-state index contributed by atoms with van der Waals surface area (Å²) in [6, 6.07) is 11.5. The number of rotatable bonds is 7. The molecular weight excluding hydrogens is 553 g/mol. The fourth-order valence-corrected chi connectivity index (χ4v) is 6.61. The van der Waals surface area contributed by atoms with Crippen molar-refractivity contribution >= 4 is 69.5 Å². The normalized spacial score (nSPS) is 19.3. The molecule has 208 valence electrons. The number of nitrogens with one attached hydrogen (secondary N) is 2. The van der Waals surface area contributed by atoms with Crippen LogP contribution in [0.2, 0.25) is 5.02 Å². The number of benzene rings is 1. The summed E-state index contributed by atoms with van der Waals surface area (Å²) in [5.41, 5.74) is 0.182. The maximum atomic E-state index is 12.4. The number of thiophene rings is 1. The number of carbonyl (C=O) groups is 1. The van der Waals surface area contributed by atoms with Crippen molar-refractivity contribution in [2.75, 3.05) is 5.32 Å². The van der Waals surface area contributed by atoms with Crippen LogP contribution in [0, 0.1) is 0 Å². The van der Waals surface area contributed by atoms with E-state index in [-0.39, 0.29) is 6.04 Å². The Bertz CT molecular complexity index is 1370. The Labute approximate surface area is 244 Å². The second kappa shape index (κ2) is 10.5. The molecule has 1 aliphatic carbocycles. The van der Waals surface area contributed by atoms with Gasteiger partial charge in [-0.1, -0.05) is 41.7 Å². The van der Waals surface area contributed by atoms with Crippen molar-refractivity contribution in [3.8, 4) is 0 Å². The minimum absolute atomic E-state index is 0.285. The van der Waals surface area contributed by atoms with E-state index in [0.29, 0.717) is 21.8 Å². The van der Waals surface area contributed by atoms with Crippen LogP contribution >= 0.6 is 34.9 Å². The second-order valence-electron chi connectivity index (χ2n) is 12.1. The number of hydrogen-bond donors (Lipinski definition) is 2. The predicted octanol–water partition coefficient (Wildman–Crippen LogP) is 7.09. The van der Waals surface area contributed by atoms with Gasteiger partial charge in [0.25, 0.3) is 0 Å². The summed E-state index contributed by atoms with van der Waals surface area (Å²) in [4.78, 5) is 18.2. The third-order valence-electron chi connectivity index (χ3n) is 7.04. The highest BCUT2D eigenvalue weighted by Gasteiger charge is 2.52. The summed E-state index contributed by atoms with van der Waals surface area (Å²) in [7, 11) is -0.458. The molecule has 0 bridgehead atoms. The molecule has 1 aliphatic heterocycles. The highest BCUT2D eigenvalue weighted by molar-refractivity contribution is 7.98. The Hall–Kier alpha value is -1.82. The molecule has 1 unspecified atom stereocenters. The van der Waals surface area contributed by atoms with Crippen molar-refractivity contribution in [1.82, 2.24) is 9.71 Å². The minimum atomic E-state index is -0.615. The van der Waals surface area contributed by atoms with E-state index in [9.17, 15) is 4.79 Å². The standard InChI is InChI=1S/C28H35BClN3O4S2/c1-26(2,3)35-25(34)32-21-14-13-19(30)22(31-21)23(33-39-17-11-12-17)20-15-16-9-8-10-18(24(16)38-20)29-36-27(4,5)28(6,7)37-29/h8-10,13-15,17,23,33H,11-12H2,1-7H3,(H,31,32,34). The Morgan fingerprint density at radius 3 is 2.51 bits per heavy atom. The fourth-order valence-electron chi connectivity index (χ4n) is 4.14. The first-order chi connectivity index (χ1) is 18.2. The number of anilines is 1. The van der Waals surface area contributed by atoms with Crippen molar-refractivity contribution < 1.29 is 18.8 Å². The summed E-state index contributed by atoms with van der Waals surface area (Å²) in [5.74, 6) is 0.380.